The van der Waals surface area contributed by atoms with Crippen LogP contribution in [0, 0.1) is 0 Å². The molecule has 1 aromatic heterocycles. The number of fused-ring (bicyclic) bond motifs is 1. The predicted octanol–water partition coefficient (Wildman–Crippen LogP) is 4.03. The lowest BCUT2D eigenvalue weighted by atomic mass is 10.0. The van der Waals surface area contributed by atoms with Crippen LogP contribution < -0.4 is 20.3 Å². The summed E-state index contributed by atoms with van der Waals surface area (Å²) >= 11 is 0. The number of aromatic nitrogens is 2. The van der Waals surface area contributed by atoms with Crippen LogP contribution in [0.5, 0.6) is 11.5 Å². The van der Waals surface area contributed by atoms with E-state index in [0.29, 0.717) is 22.8 Å². The molecule has 0 spiro atoms. The molecule has 7 nitrogen and oxygen atoms in total. The van der Waals surface area contributed by atoms with E-state index in [1.165, 1.54) is 26.0 Å². The standard InChI is InChI=1S/C22H18F3N3O4/c1-21(2,20(30)26-15-6-4-14(5-7-15)22(23,24)25)28-19(29)10-8-16(27-28)13-3-9-17-18(11-13)32-12-31-17/h3-11H,12H2,1-2H3,(H,26,30). The average Bonchev–Trinajstić information content (AvgIpc) is 3.21. The monoisotopic (exact) mass is 445 g/mol. The molecule has 1 aliphatic heterocycles. The molecule has 1 N–H and O–H groups in total. The van der Waals surface area contributed by atoms with Crippen molar-refractivity contribution in [2.24, 2.45) is 0 Å². The van der Waals surface area contributed by atoms with E-state index >= 15 is 0 Å². The smallest absolute Gasteiger partial charge is 0.416 e. The maximum absolute atomic E-state index is 12.9. The molecule has 0 saturated heterocycles. The molecule has 3 aromatic rings. The molecular weight excluding hydrogens is 427 g/mol. The number of nitrogens with one attached hydrogen (secondary N) is 1. The van der Waals surface area contributed by atoms with Crippen molar-refractivity contribution in [2.45, 2.75) is 25.6 Å². The number of hydrogen-bond donors (Lipinski definition) is 1. The molecule has 0 saturated carbocycles. The second-order valence-corrected chi connectivity index (χ2v) is 7.62. The molecule has 0 aliphatic carbocycles. The SMILES string of the molecule is CC(C)(C(=O)Nc1ccc(C(F)(F)F)cc1)n1nc(-c2ccc3c(c2)OCO3)ccc1=O. The Hall–Kier alpha value is -3.82. The summed E-state index contributed by atoms with van der Waals surface area (Å²) in [5.41, 5.74) is -1.53. The largest absolute Gasteiger partial charge is 0.454 e. The van der Waals surface area contributed by atoms with Crippen LogP contribution in [-0.4, -0.2) is 22.5 Å². The summed E-state index contributed by atoms with van der Waals surface area (Å²) in [5, 5.41) is 6.88. The van der Waals surface area contributed by atoms with Crippen LogP contribution in [-0.2, 0) is 16.5 Å². The number of ether oxygens (including phenoxy) is 2. The summed E-state index contributed by atoms with van der Waals surface area (Å²) in [4.78, 5) is 25.4. The van der Waals surface area contributed by atoms with E-state index in [0.717, 1.165) is 28.9 Å². The summed E-state index contributed by atoms with van der Waals surface area (Å²) < 4.78 is 49.9. The van der Waals surface area contributed by atoms with E-state index in [4.69, 9.17) is 9.47 Å². The number of amides is 1. The number of hydrogen-bond acceptors (Lipinski definition) is 5. The van der Waals surface area contributed by atoms with Gasteiger partial charge >= 0.3 is 6.18 Å². The molecule has 2 aromatic carbocycles. The Bertz CT molecular complexity index is 1230. The summed E-state index contributed by atoms with van der Waals surface area (Å²) in [5.74, 6) is 0.523. The summed E-state index contributed by atoms with van der Waals surface area (Å²) in [6.45, 7) is 3.09. The minimum Gasteiger partial charge on any atom is -0.454 e. The molecular formula is C22H18F3N3O4. The van der Waals surface area contributed by atoms with Crippen molar-refractivity contribution in [3.05, 3.63) is 70.5 Å². The van der Waals surface area contributed by atoms with Crippen molar-refractivity contribution < 1.29 is 27.4 Å². The molecule has 2 heterocycles. The minimum atomic E-state index is -4.48. The Morgan fingerprint density at radius 2 is 1.69 bits per heavy atom. The lowest BCUT2D eigenvalue weighted by Crippen LogP contribution is -2.47. The van der Waals surface area contributed by atoms with Crippen LogP contribution in [0.2, 0.25) is 0 Å². The fourth-order valence-corrected chi connectivity index (χ4v) is 3.14. The van der Waals surface area contributed by atoms with Gasteiger partial charge in [-0.25, -0.2) is 4.68 Å². The van der Waals surface area contributed by atoms with Gasteiger partial charge in [-0.3, -0.25) is 9.59 Å². The van der Waals surface area contributed by atoms with Gasteiger partial charge in [-0.1, -0.05) is 0 Å². The van der Waals surface area contributed by atoms with E-state index in [-0.39, 0.29) is 12.5 Å². The van der Waals surface area contributed by atoms with Gasteiger partial charge in [0.1, 0.15) is 5.54 Å². The highest BCUT2D eigenvalue weighted by molar-refractivity contribution is 5.96. The van der Waals surface area contributed by atoms with Gasteiger partial charge in [0.15, 0.2) is 11.5 Å². The molecule has 0 fully saturated rings. The van der Waals surface area contributed by atoms with Crippen molar-refractivity contribution in [2.75, 3.05) is 12.1 Å². The molecule has 1 aliphatic rings. The van der Waals surface area contributed by atoms with Gasteiger partial charge in [0.25, 0.3) is 11.5 Å². The maximum atomic E-state index is 12.9. The number of alkyl halides is 3. The van der Waals surface area contributed by atoms with Crippen LogP contribution in [0.25, 0.3) is 11.3 Å². The van der Waals surface area contributed by atoms with E-state index in [2.05, 4.69) is 10.4 Å². The quantitative estimate of drug-likeness (QED) is 0.656. The van der Waals surface area contributed by atoms with Gasteiger partial charge in [0, 0.05) is 17.3 Å². The van der Waals surface area contributed by atoms with Crippen molar-refractivity contribution in [1.29, 1.82) is 0 Å². The zero-order valence-electron chi connectivity index (χ0n) is 17.1. The third kappa shape index (κ3) is 4.03. The molecule has 32 heavy (non-hydrogen) atoms. The van der Waals surface area contributed by atoms with Gasteiger partial charge in [-0.05, 0) is 62.4 Å². The second-order valence-electron chi connectivity index (χ2n) is 7.62. The molecule has 4 rings (SSSR count). The van der Waals surface area contributed by atoms with Crippen LogP contribution in [0.4, 0.5) is 18.9 Å². The highest BCUT2D eigenvalue weighted by Gasteiger charge is 2.33. The molecule has 10 heteroatoms. The van der Waals surface area contributed by atoms with E-state index in [9.17, 15) is 22.8 Å². The van der Waals surface area contributed by atoms with Gasteiger partial charge in [-0.15, -0.1) is 0 Å². The van der Waals surface area contributed by atoms with E-state index in [1.54, 1.807) is 18.2 Å². The number of carbonyl (C=O) groups is 1. The van der Waals surface area contributed by atoms with E-state index < -0.39 is 28.7 Å². The van der Waals surface area contributed by atoms with Crippen LogP contribution >= 0.6 is 0 Å². The third-order valence-electron chi connectivity index (χ3n) is 5.02. The van der Waals surface area contributed by atoms with Gasteiger partial charge < -0.3 is 14.8 Å². The van der Waals surface area contributed by atoms with Crippen molar-refractivity contribution in [3.63, 3.8) is 0 Å². The number of halogens is 3. The summed E-state index contributed by atoms with van der Waals surface area (Å²) in [6.07, 6.45) is -4.48. The Morgan fingerprint density at radius 1 is 1.00 bits per heavy atom. The first-order valence-corrected chi connectivity index (χ1v) is 9.55. The van der Waals surface area contributed by atoms with E-state index in [1.807, 2.05) is 0 Å². The normalized spacial score (nSPS) is 13.2. The third-order valence-corrected chi connectivity index (χ3v) is 5.02. The maximum Gasteiger partial charge on any atom is 0.416 e. The zero-order valence-corrected chi connectivity index (χ0v) is 17.1. The molecule has 1 amide bonds. The Balaban J connectivity index is 1.61. The molecule has 0 unspecified atom stereocenters. The Labute approximate surface area is 180 Å². The van der Waals surface area contributed by atoms with Crippen LogP contribution in [0.15, 0.2) is 59.4 Å². The average molecular weight is 445 g/mol. The number of anilines is 1. The highest BCUT2D eigenvalue weighted by atomic mass is 19.4. The number of carbonyl (C=O) groups excluding carboxylic acids is 1. The number of nitrogens with zero attached hydrogens (tertiary/aromatic N) is 2. The molecule has 0 bridgehead atoms. The summed E-state index contributed by atoms with van der Waals surface area (Å²) in [6, 6.07) is 12.0. The lowest BCUT2D eigenvalue weighted by molar-refractivity contribution is -0.137. The van der Waals surface area contributed by atoms with Crippen molar-refractivity contribution in [1.82, 2.24) is 9.78 Å². The predicted molar refractivity (Wildman–Crippen MR) is 109 cm³/mol. The second kappa shape index (κ2) is 7.70. The first-order chi connectivity index (χ1) is 15.1. The molecule has 0 radical (unpaired) electrons. The lowest BCUT2D eigenvalue weighted by Gasteiger charge is -2.25. The minimum absolute atomic E-state index is 0.114. The summed E-state index contributed by atoms with van der Waals surface area (Å²) in [7, 11) is 0. The van der Waals surface area contributed by atoms with Crippen molar-refractivity contribution in [3.8, 4) is 22.8 Å². The first kappa shape index (κ1) is 21.4. The van der Waals surface area contributed by atoms with Crippen LogP contribution in [0.3, 0.4) is 0 Å². The van der Waals surface area contributed by atoms with Gasteiger partial charge in [0.2, 0.25) is 6.79 Å². The number of benzene rings is 2. The van der Waals surface area contributed by atoms with Gasteiger partial charge in [0.05, 0.1) is 11.3 Å². The van der Waals surface area contributed by atoms with Gasteiger partial charge in [-0.2, -0.15) is 18.3 Å². The topological polar surface area (TPSA) is 82.5 Å². The van der Waals surface area contributed by atoms with Crippen molar-refractivity contribution >= 4 is 11.6 Å². The number of rotatable bonds is 4. The Kier molecular flexibility index (Phi) is 5.15. The fraction of sp³-hybridized carbons (Fsp3) is 0.227. The first-order valence-electron chi connectivity index (χ1n) is 9.55. The Morgan fingerprint density at radius 3 is 2.38 bits per heavy atom. The molecule has 0 atom stereocenters. The molecule has 166 valence electrons. The van der Waals surface area contributed by atoms with Crippen LogP contribution in [0.1, 0.15) is 19.4 Å². The highest BCUT2D eigenvalue weighted by Crippen LogP contribution is 2.35. The fourth-order valence-electron chi connectivity index (χ4n) is 3.14. The zero-order chi connectivity index (χ0) is 23.1.